The molecule has 0 saturated carbocycles. The average Bonchev–Trinajstić information content (AvgIpc) is 2.39. The second-order valence-corrected chi connectivity index (χ2v) is 4.73. The molecule has 0 unspecified atom stereocenters. The number of carbonyl (C=O) groups is 2. The van der Waals surface area contributed by atoms with Crippen molar-refractivity contribution in [1.29, 1.82) is 0 Å². The van der Waals surface area contributed by atoms with Gasteiger partial charge in [0.2, 0.25) is 0 Å². The number of carbonyl (C=O) groups excluding carboxylic acids is 2. The van der Waals surface area contributed by atoms with Crippen LogP contribution in [0.2, 0.25) is 0 Å². The smallest absolute Gasteiger partial charge is 0.166 e. The molecule has 100 valence electrons. The summed E-state index contributed by atoms with van der Waals surface area (Å²) in [6.07, 6.45) is 3.00. The first-order valence-corrected chi connectivity index (χ1v) is 6.60. The zero-order chi connectivity index (χ0) is 13.8. The quantitative estimate of drug-likeness (QED) is 0.780. The van der Waals surface area contributed by atoms with Crippen LogP contribution in [0.3, 0.4) is 0 Å². The van der Waals surface area contributed by atoms with Crippen LogP contribution in [-0.4, -0.2) is 18.2 Å². The number of ether oxygens (including phenoxy) is 1. The minimum atomic E-state index is -0.438. The Hall–Kier alpha value is -1.90. The van der Waals surface area contributed by atoms with E-state index in [4.69, 9.17) is 4.74 Å². The highest BCUT2D eigenvalue weighted by Gasteiger charge is 2.26. The Labute approximate surface area is 113 Å². The van der Waals surface area contributed by atoms with Gasteiger partial charge in [0.15, 0.2) is 5.78 Å². The van der Waals surface area contributed by atoms with Gasteiger partial charge in [0.05, 0.1) is 12.5 Å². The van der Waals surface area contributed by atoms with Gasteiger partial charge in [-0.25, -0.2) is 0 Å². The number of ketones is 2. The summed E-state index contributed by atoms with van der Waals surface area (Å²) in [5.41, 5.74) is 2.03. The largest absolute Gasteiger partial charge is 0.494 e. The van der Waals surface area contributed by atoms with Gasteiger partial charge in [0.25, 0.3) is 0 Å². The normalized spacial score (nSPS) is 18.9. The molecule has 0 amide bonds. The van der Waals surface area contributed by atoms with Crippen molar-refractivity contribution in [3.05, 3.63) is 35.9 Å². The van der Waals surface area contributed by atoms with Gasteiger partial charge >= 0.3 is 0 Å². The van der Waals surface area contributed by atoms with E-state index in [0.29, 0.717) is 13.0 Å². The highest BCUT2D eigenvalue weighted by molar-refractivity contribution is 6.10. The summed E-state index contributed by atoms with van der Waals surface area (Å²) in [5.74, 6) is 0.289. The molecule has 0 heterocycles. The molecule has 1 aromatic carbocycles. The van der Waals surface area contributed by atoms with Crippen molar-refractivity contribution in [2.45, 2.75) is 26.7 Å². The van der Waals surface area contributed by atoms with Gasteiger partial charge in [0, 0.05) is 0 Å². The van der Waals surface area contributed by atoms with Crippen LogP contribution in [0.25, 0.3) is 5.57 Å². The maximum Gasteiger partial charge on any atom is 0.166 e. The van der Waals surface area contributed by atoms with Gasteiger partial charge in [0.1, 0.15) is 11.5 Å². The molecule has 0 saturated heterocycles. The predicted molar refractivity (Wildman–Crippen MR) is 74.0 cm³/mol. The van der Waals surface area contributed by atoms with E-state index in [-0.39, 0.29) is 11.6 Å². The third-order valence-corrected chi connectivity index (χ3v) is 3.39. The van der Waals surface area contributed by atoms with Crippen molar-refractivity contribution in [3.63, 3.8) is 0 Å². The Kier molecular flexibility index (Phi) is 4.15. The van der Waals surface area contributed by atoms with Crippen LogP contribution in [0.1, 0.15) is 32.3 Å². The van der Waals surface area contributed by atoms with Crippen LogP contribution in [0.4, 0.5) is 0 Å². The molecule has 0 spiro atoms. The van der Waals surface area contributed by atoms with Crippen LogP contribution in [0, 0.1) is 5.92 Å². The summed E-state index contributed by atoms with van der Waals surface area (Å²) in [5, 5.41) is 0. The van der Waals surface area contributed by atoms with E-state index in [1.165, 1.54) is 6.92 Å². The van der Waals surface area contributed by atoms with E-state index in [2.05, 4.69) is 0 Å². The molecule has 0 aromatic heterocycles. The summed E-state index contributed by atoms with van der Waals surface area (Å²) in [6, 6.07) is 7.72. The summed E-state index contributed by atoms with van der Waals surface area (Å²) in [6.45, 7) is 4.07. The fourth-order valence-electron chi connectivity index (χ4n) is 2.35. The third-order valence-electron chi connectivity index (χ3n) is 3.39. The first-order chi connectivity index (χ1) is 9.11. The van der Waals surface area contributed by atoms with Gasteiger partial charge in [-0.15, -0.1) is 0 Å². The number of rotatable bonds is 4. The van der Waals surface area contributed by atoms with E-state index >= 15 is 0 Å². The molecule has 0 N–H and O–H groups in total. The van der Waals surface area contributed by atoms with Crippen molar-refractivity contribution in [2.24, 2.45) is 5.92 Å². The lowest BCUT2D eigenvalue weighted by Gasteiger charge is -2.19. The number of Topliss-reactive ketones (excluding diaryl/α,β-unsaturated/α-hetero) is 1. The molecule has 2 rings (SSSR count). The lowest BCUT2D eigenvalue weighted by atomic mass is 9.84. The first-order valence-electron chi connectivity index (χ1n) is 6.60. The van der Waals surface area contributed by atoms with Crippen molar-refractivity contribution in [3.8, 4) is 5.75 Å². The zero-order valence-electron chi connectivity index (χ0n) is 11.3. The molecule has 1 atom stereocenters. The molecule has 3 heteroatoms. The second-order valence-electron chi connectivity index (χ2n) is 4.73. The van der Waals surface area contributed by atoms with E-state index in [1.54, 1.807) is 6.08 Å². The lowest BCUT2D eigenvalue weighted by Crippen LogP contribution is -2.23. The fraction of sp³-hybridized carbons (Fsp3) is 0.375. The molecular weight excluding hydrogens is 240 g/mol. The third kappa shape index (κ3) is 3.11. The Morgan fingerprint density at radius 3 is 2.53 bits per heavy atom. The molecule has 3 nitrogen and oxygen atoms in total. The maximum atomic E-state index is 11.9. The summed E-state index contributed by atoms with van der Waals surface area (Å²) in [7, 11) is 0. The van der Waals surface area contributed by atoms with Crippen molar-refractivity contribution >= 4 is 17.1 Å². The Bertz CT molecular complexity index is 511. The first kappa shape index (κ1) is 13.5. The van der Waals surface area contributed by atoms with E-state index in [9.17, 15) is 9.59 Å². The number of hydrogen-bond acceptors (Lipinski definition) is 3. The fourth-order valence-corrected chi connectivity index (χ4v) is 2.35. The van der Waals surface area contributed by atoms with Crippen molar-refractivity contribution < 1.29 is 14.3 Å². The Balaban J connectivity index is 2.17. The van der Waals surface area contributed by atoms with Gasteiger partial charge in [-0.2, -0.15) is 0 Å². The van der Waals surface area contributed by atoms with Gasteiger partial charge in [-0.1, -0.05) is 12.1 Å². The monoisotopic (exact) mass is 258 g/mol. The molecule has 0 bridgehead atoms. The average molecular weight is 258 g/mol. The molecule has 1 aromatic rings. The summed E-state index contributed by atoms with van der Waals surface area (Å²) >= 11 is 0. The molecule has 0 fully saturated rings. The van der Waals surface area contributed by atoms with Crippen LogP contribution in [0.15, 0.2) is 30.3 Å². The highest BCUT2D eigenvalue weighted by Crippen LogP contribution is 2.29. The van der Waals surface area contributed by atoms with Gasteiger partial charge in [-0.3, -0.25) is 9.59 Å². The van der Waals surface area contributed by atoms with Crippen molar-refractivity contribution in [2.75, 3.05) is 6.61 Å². The summed E-state index contributed by atoms with van der Waals surface area (Å²) < 4.78 is 5.39. The van der Waals surface area contributed by atoms with E-state index in [0.717, 1.165) is 23.3 Å². The molecule has 19 heavy (non-hydrogen) atoms. The number of allylic oxidation sites excluding steroid dienone is 2. The standard InChI is InChI=1S/C16H18O3/c1-3-19-14-7-4-12(5-8-14)13-6-9-15(11(2)17)16(18)10-13/h4-5,7-8,10,15H,3,6,9H2,1-2H3/t15-/m0/s1. The van der Waals surface area contributed by atoms with E-state index in [1.807, 2.05) is 31.2 Å². The van der Waals surface area contributed by atoms with Crippen LogP contribution in [0.5, 0.6) is 5.75 Å². The Morgan fingerprint density at radius 1 is 1.32 bits per heavy atom. The minimum Gasteiger partial charge on any atom is -0.494 e. The molecule has 1 aliphatic rings. The highest BCUT2D eigenvalue weighted by atomic mass is 16.5. The SMILES string of the molecule is CCOc1ccc(C2=CC(=O)[C@H](C(C)=O)CC2)cc1. The minimum absolute atomic E-state index is 0.0352. The number of hydrogen-bond donors (Lipinski definition) is 0. The van der Waals surface area contributed by atoms with Crippen LogP contribution in [-0.2, 0) is 9.59 Å². The molecule has 0 radical (unpaired) electrons. The van der Waals surface area contributed by atoms with Gasteiger partial charge in [-0.05, 0) is 56.0 Å². The van der Waals surface area contributed by atoms with Crippen molar-refractivity contribution in [1.82, 2.24) is 0 Å². The topological polar surface area (TPSA) is 43.4 Å². The number of benzene rings is 1. The van der Waals surface area contributed by atoms with Crippen LogP contribution >= 0.6 is 0 Å². The van der Waals surface area contributed by atoms with E-state index < -0.39 is 5.92 Å². The lowest BCUT2D eigenvalue weighted by molar-refractivity contribution is -0.129. The van der Waals surface area contributed by atoms with Gasteiger partial charge < -0.3 is 4.74 Å². The second kappa shape index (κ2) is 5.83. The summed E-state index contributed by atoms with van der Waals surface area (Å²) in [4.78, 5) is 23.2. The predicted octanol–water partition coefficient (Wildman–Crippen LogP) is 3.04. The van der Waals surface area contributed by atoms with Crippen LogP contribution < -0.4 is 4.74 Å². The zero-order valence-corrected chi connectivity index (χ0v) is 11.3. The molecule has 1 aliphatic carbocycles. The Morgan fingerprint density at radius 2 is 2.00 bits per heavy atom. The molecular formula is C16H18O3. The molecule has 0 aliphatic heterocycles. The maximum absolute atomic E-state index is 11.9.